The third-order valence-electron chi connectivity index (χ3n) is 3.13. The van der Waals surface area contributed by atoms with E-state index in [0.717, 1.165) is 17.7 Å². The minimum atomic E-state index is -4.40. The van der Waals surface area contributed by atoms with Gasteiger partial charge in [0.05, 0.1) is 5.56 Å². The van der Waals surface area contributed by atoms with Crippen LogP contribution in [0.25, 0.3) is 0 Å². The summed E-state index contributed by atoms with van der Waals surface area (Å²) in [6.45, 7) is 0.377. The molecule has 0 spiro atoms. The summed E-state index contributed by atoms with van der Waals surface area (Å²) in [6, 6.07) is 11.6. The molecule has 0 aliphatic heterocycles. The van der Waals surface area contributed by atoms with Gasteiger partial charge in [-0.2, -0.15) is 13.2 Å². The average molecular weight is 293 g/mol. The summed E-state index contributed by atoms with van der Waals surface area (Å²) in [7, 11) is 0. The van der Waals surface area contributed by atoms with E-state index in [9.17, 15) is 18.0 Å². The molecule has 0 fully saturated rings. The molecule has 0 aliphatic rings. The van der Waals surface area contributed by atoms with Crippen molar-refractivity contribution < 1.29 is 18.0 Å². The molecule has 5 heteroatoms. The van der Waals surface area contributed by atoms with E-state index < -0.39 is 11.7 Å². The van der Waals surface area contributed by atoms with Crippen molar-refractivity contribution in [3.05, 3.63) is 70.8 Å². The standard InChI is InChI=1S/C16H14F3NO/c17-16(18,19)14-3-1-2-12(8-14)9-15(21)13-6-4-11(10-20)5-7-13/h1-8H,9-10,20H2. The predicted octanol–water partition coefficient (Wildman–Crippen LogP) is 3.59. The van der Waals surface area contributed by atoms with Gasteiger partial charge in [-0.3, -0.25) is 4.79 Å². The van der Waals surface area contributed by atoms with Gasteiger partial charge in [0, 0.05) is 18.5 Å². The van der Waals surface area contributed by atoms with Gasteiger partial charge in [-0.05, 0) is 17.2 Å². The lowest BCUT2D eigenvalue weighted by molar-refractivity contribution is -0.137. The number of hydrogen-bond acceptors (Lipinski definition) is 2. The van der Waals surface area contributed by atoms with Gasteiger partial charge in [0.2, 0.25) is 0 Å². The summed E-state index contributed by atoms with van der Waals surface area (Å²) in [6.07, 6.45) is -4.46. The van der Waals surface area contributed by atoms with Crippen LogP contribution in [0.2, 0.25) is 0 Å². The molecule has 0 unspecified atom stereocenters. The normalized spacial score (nSPS) is 11.4. The van der Waals surface area contributed by atoms with Gasteiger partial charge in [-0.1, -0.05) is 42.5 Å². The largest absolute Gasteiger partial charge is 0.416 e. The molecule has 0 bridgehead atoms. The summed E-state index contributed by atoms with van der Waals surface area (Å²) >= 11 is 0. The minimum Gasteiger partial charge on any atom is -0.326 e. The van der Waals surface area contributed by atoms with E-state index in [4.69, 9.17) is 5.73 Å². The Hall–Kier alpha value is -2.14. The Kier molecular flexibility index (Phi) is 4.43. The van der Waals surface area contributed by atoms with E-state index in [-0.39, 0.29) is 12.2 Å². The minimum absolute atomic E-state index is 0.0636. The van der Waals surface area contributed by atoms with Crippen LogP contribution >= 0.6 is 0 Å². The Morgan fingerprint density at radius 2 is 1.67 bits per heavy atom. The molecular formula is C16H14F3NO. The number of ketones is 1. The molecule has 2 rings (SSSR count). The second-order valence-corrected chi connectivity index (χ2v) is 4.70. The highest BCUT2D eigenvalue weighted by molar-refractivity contribution is 5.97. The molecule has 2 N–H and O–H groups in total. The summed E-state index contributed by atoms with van der Waals surface area (Å²) in [5.74, 6) is -0.224. The maximum atomic E-state index is 12.6. The van der Waals surface area contributed by atoms with Crippen molar-refractivity contribution in [3.63, 3.8) is 0 Å². The molecule has 2 nitrogen and oxygen atoms in total. The van der Waals surface area contributed by atoms with Crippen LogP contribution < -0.4 is 5.73 Å². The Labute approximate surface area is 120 Å². The van der Waals surface area contributed by atoms with Crippen LogP contribution in [0.15, 0.2) is 48.5 Å². The lowest BCUT2D eigenvalue weighted by Crippen LogP contribution is -2.08. The average Bonchev–Trinajstić information content (AvgIpc) is 2.47. The second-order valence-electron chi connectivity index (χ2n) is 4.70. The molecule has 2 aromatic rings. The van der Waals surface area contributed by atoms with Crippen LogP contribution in [0.1, 0.15) is 27.0 Å². The highest BCUT2D eigenvalue weighted by Crippen LogP contribution is 2.29. The molecule has 0 aliphatic carbocycles. The first-order valence-electron chi connectivity index (χ1n) is 6.38. The van der Waals surface area contributed by atoms with Gasteiger partial charge >= 0.3 is 6.18 Å². The van der Waals surface area contributed by atoms with Crippen LogP contribution in [0.3, 0.4) is 0 Å². The number of rotatable bonds is 4. The van der Waals surface area contributed by atoms with Gasteiger partial charge in [0.1, 0.15) is 0 Å². The predicted molar refractivity (Wildman–Crippen MR) is 73.8 cm³/mol. The Balaban J connectivity index is 2.15. The Bertz CT molecular complexity index is 633. The number of nitrogens with two attached hydrogens (primary N) is 1. The maximum absolute atomic E-state index is 12.6. The van der Waals surface area contributed by atoms with E-state index >= 15 is 0 Å². The fourth-order valence-electron chi connectivity index (χ4n) is 1.97. The van der Waals surface area contributed by atoms with Crippen LogP contribution in [0.5, 0.6) is 0 Å². The molecule has 0 heterocycles. The number of hydrogen-bond donors (Lipinski definition) is 1. The van der Waals surface area contributed by atoms with Gasteiger partial charge in [0.15, 0.2) is 5.78 Å². The highest BCUT2D eigenvalue weighted by atomic mass is 19.4. The molecule has 0 aromatic heterocycles. The topological polar surface area (TPSA) is 43.1 Å². The molecule has 2 aromatic carbocycles. The number of carbonyl (C=O) groups is 1. The van der Waals surface area contributed by atoms with Crippen molar-refractivity contribution in [2.75, 3.05) is 0 Å². The first-order valence-corrected chi connectivity index (χ1v) is 6.38. The van der Waals surface area contributed by atoms with E-state index in [1.165, 1.54) is 12.1 Å². The van der Waals surface area contributed by atoms with Crippen molar-refractivity contribution >= 4 is 5.78 Å². The third kappa shape index (κ3) is 3.92. The van der Waals surface area contributed by atoms with Crippen molar-refractivity contribution in [2.24, 2.45) is 5.73 Å². The number of alkyl halides is 3. The highest BCUT2D eigenvalue weighted by Gasteiger charge is 2.30. The molecule has 0 amide bonds. The fraction of sp³-hybridized carbons (Fsp3) is 0.188. The van der Waals surface area contributed by atoms with Crippen LogP contribution in [0.4, 0.5) is 13.2 Å². The quantitative estimate of drug-likeness (QED) is 0.875. The first-order chi connectivity index (χ1) is 9.90. The molecule has 0 saturated heterocycles. The second kappa shape index (κ2) is 6.10. The van der Waals surface area contributed by atoms with Crippen molar-refractivity contribution in [2.45, 2.75) is 19.1 Å². The SMILES string of the molecule is NCc1ccc(C(=O)Cc2cccc(C(F)(F)F)c2)cc1. The number of halogens is 3. The Morgan fingerprint density at radius 1 is 1.00 bits per heavy atom. The zero-order chi connectivity index (χ0) is 15.5. The molecule has 0 atom stereocenters. The lowest BCUT2D eigenvalue weighted by Gasteiger charge is -2.08. The van der Waals surface area contributed by atoms with Gasteiger partial charge in [-0.15, -0.1) is 0 Å². The molecular weight excluding hydrogens is 279 g/mol. The van der Waals surface area contributed by atoms with Crippen LogP contribution in [-0.4, -0.2) is 5.78 Å². The summed E-state index contributed by atoms with van der Waals surface area (Å²) in [4.78, 5) is 12.1. The van der Waals surface area contributed by atoms with Crippen molar-refractivity contribution in [1.29, 1.82) is 0 Å². The summed E-state index contributed by atoms with van der Waals surface area (Å²) in [5.41, 5.74) is 6.42. The fourth-order valence-corrected chi connectivity index (χ4v) is 1.97. The van der Waals surface area contributed by atoms with Gasteiger partial charge in [-0.25, -0.2) is 0 Å². The van der Waals surface area contributed by atoms with Crippen molar-refractivity contribution in [1.82, 2.24) is 0 Å². The molecule has 21 heavy (non-hydrogen) atoms. The number of carbonyl (C=O) groups excluding carboxylic acids is 1. The molecule has 0 saturated carbocycles. The smallest absolute Gasteiger partial charge is 0.326 e. The van der Waals surface area contributed by atoms with E-state index in [0.29, 0.717) is 17.7 Å². The van der Waals surface area contributed by atoms with E-state index in [1.807, 2.05) is 0 Å². The van der Waals surface area contributed by atoms with E-state index in [2.05, 4.69) is 0 Å². The van der Waals surface area contributed by atoms with Crippen LogP contribution in [-0.2, 0) is 19.1 Å². The summed E-state index contributed by atoms with van der Waals surface area (Å²) in [5, 5.41) is 0. The van der Waals surface area contributed by atoms with E-state index in [1.54, 1.807) is 24.3 Å². The van der Waals surface area contributed by atoms with Crippen molar-refractivity contribution in [3.8, 4) is 0 Å². The van der Waals surface area contributed by atoms with Gasteiger partial charge < -0.3 is 5.73 Å². The van der Waals surface area contributed by atoms with Crippen LogP contribution in [0, 0.1) is 0 Å². The zero-order valence-electron chi connectivity index (χ0n) is 11.2. The third-order valence-corrected chi connectivity index (χ3v) is 3.13. The Morgan fingerprint density at radius 3 is 2.24 bits per heavy atom. The zero-order valence-corrected chi connectivity index (χ0v) is 11.2. The monoisotopic (exact) mass is 293 g/mol. The maximum Gasteiger partial charge on any atom is 0.416 e. The van der Waals surface area contributed by atoms with Gasteiger partial charge in [0.25, 0.3) is 0 Å². The molecule has 110 valence electrons. The molecule has 0 radical (unpaired) electrons. The number of benzene rings is 2. The first kappa shape index (κ1) is 15.3. The lowest BCUT2D eigenvalue weighted by atomic mass is 10.0. The number of Topliss-reactive ketones (excluding diaryl/α,β-unsaturated/α-hetero) is 1. The summed E-state index contributed by atoms with van der Waals surface area (Å²) < 4.78 is 37.8.